The monoisotopic (exact) mass is 379 g/mol. The van der Waals surface area contributed by atoms with Crippen molar-refractivity contribution in [2.75, 3.05) is 11.9 Å². The Labute approximate surface area is 143 Å². The van der Waals surface area contributed by atoms with Gasteiger partial charge in [0.2, 0.25) is 0 Å². The van der Waals surface area contributed by atoms with E-state index in [1.165, 1.54) is 17.4 Å². The van der Waals surface area contributed by atoms with Crippen LogP contribution in [-0.2, 0) is 0 Å². The lowest BCUT2D eigenvalue weighted by atomic mass is 10.3. The molecule has 0 saturated carbocycles. The van der Waals surface area contributed by atoms with E-state index in [1.807, 2.05) is 36.4 Å². The van der Waals surface area contributed by atoms with Gasteiger partial charge in [0.1, 0.15) is 5.75 Å². The lowest BCUT2D eigenvalue weighted by Gasteiger charge is -2.06. The lowest BCUT2D eigenvalue weighted by Crippen LogP contribution is -1.96. The molecule has 0 unspecified atom stereocenters. The zero-order valence-corrected chi connectivity index (χ0v) is 14.7. The van der Waals surface area contributed by atoms with Crippen LogP contribution < -0.4 is 10.1 Å². The van der Waals surface area contributed by atoms with Crippen LogP contribution in [0, 0.1) is 0 Å². The molecule has 0 atom stereocenters. The zero-order valence-electron chi connectivity index (χ0n) is 12.3. The minimum Gasteiger partial charge on any atom is -0.494 e. The van der Waals surface area contributed by atoms with Crippen molar-refractivity contribution < 1.29 is 9.53 Å². The van der Waals surface area contributed by atoms with Crippen LogP contribution in [-0.4, -0.2) is 12.4 Å². The summed E-state index contributed by atoms with van der Waals surface area (Å²) in [5.74, 6) is 0.852. The normalized spacial score (nSPS) is 10.8. The SMILES string of the molecule is CCCCOc1ccc(N/C=C\C(=O)c2ccc(Br)s2)cc1. The molecule has 1 aromatic carbocycles. The van der Waals surface area contributed by atoms with E-state index in [9.17, 15) is 4.79 Å². The molecule has 0 aliphatic heterocycles. The second-order valence-electron chi connectivity index (χ2n) is 4.67. The number of carbonyl (C=O) groups excluding carboxylic acids is 1. The minimum absolute atomic E-state index is 0.0114. The molecule has 1 N–H and O–H groups in total. The Kier molecular flexibility index (Phi) is 6.68. The Morgan fingerprint density at radius 1 is 1.27 bits per heavy atom. The van der Waals surface area contributed by atoms with E-state index < -0.39 is 0 Å². The van der Waals surface area contributed by atoms with Crippen LogP contribution in [0.3, 0.4) is 0 Å². The summed E-state index contributed by atoms with van der Waals surface area (Å²) in [7, 11) is 0. The van der Waals surface area contributed by atoms with Gasteiger partial charge >= 0.3 is 0 Å². The third-order valence-corrected chi connectivity index (χ3v) is 4.56. The van der Waals surface area contributed by atoms with E-state index in [0.29, 0.717) is 4.88 Å². The maximum atomic E-state index is 11.9. The predicted octanol–water partition coefficient (Wildman–Crippen LogP) is 5.50. The molecule has 116 valence electrons. The third kappa shape index (κ3) is 5.31. The summed E-state index contributed by atoms with van der Waals surface area (Å²) in [5.41, 5.74) is 0.916. The van der Waals surface area contributed by atoms with Gasteiger partial charge in [0.15, 0.2) is 5.78 Å². The van der Waals surface area contributed by atoms with Gasteiger partial charge < -0.3 is 10.1 Å². The van der Waals surface area contributed by atoms with Gasteiger partial charge in [-0.15, -0.1) is 11.3 Å². The second-order valence-corrected chi connectivity index (χ2v) is 7.14. The molecule has 1 aromatic heterocycles. The van der Waals surface area contributed by atoms with Crippen molar-refractivity contribution >= 4 is 38.7 Å². The van der Waals surface area contributed by atoms with Crippen LogP contribution in [0.5, 0.6) is 5.75 Å². The first-order valence-corrected chi connectivity index (χ1v) is 8.75. The number of ketones is 1. The molecular formula is C17H18BrNO2S. The van der Waals surface area contributed by atoms with Gasteiger partial charge in [0, 0.05) is 18.0 Å². The Morgan fingerprint density at radius 2 is 2.05 bits per heavy atom. The van der Waals surface area contributed by atoms with Crippen LogP contribution in [0.15, 0.2) is 52.5 Å². The Morgan fingerprint density at radius 3 is 2.68 bits per heavy atom. The first-order valence-electron chi connectivity index (χ1n) is 7.14. The fourth-order valence-electron chi connectivity index (χ4n) is 1.72. The molecule has 5 heteroatoms. The van der Waals surface area contributed by atoms with E-state index >= 15 is 0 Å². The number of rotatable bonds is 8. The van der Waals surface area contributed by atoms with E-state index in [-0.39, 0.29) is 5.78 Å². The van der Waals surface area contributed by atoms with Gasteiger partial charge in [-0.1, -0.05) is 13.3 Å². The van der Waals surface area contributed by atoms with Gasteiger partial charge in [-0.25, -0.2) is 0 Å². The molecule has 0 saturated heterocycles. The predicted molar refractivity (Wildman–Crippen MR) is 96.0 cm³/mol. The summed E-state index contributed by atoms with van der Waals surface area (Å²) in [6.07, 6.45) is 5.37. The first kappa shape index (κ1) is 16.8. The fraction of sp³-hybridized carbons (Fsp3) is 0.235. The summed E-state index contributed by atoms with van der Waals surface area (Å²) in [4.78, 5) is 12.6. The molecule has 22 heavy (non-hydrogen) atoms. The maximum absolute atomic E-state index is 11.9. The van der Waals surface area contributed by atoms with Crippen LogP contribution in [0.2, 0.25) is 0 Å². The molecule has 2 aromatic rings. The smallest absolute Gasteiger partial charge is 0.197 e. The van der Waals surface area contributed by atoms with Crippen molar-refractivity contribution in [3.63, 3.8) is 0 Å². The van der Waals surface area contributed by atoms with Crippen LogP contribution in [0.4, 0.5) is 5.69 Å². The fourth-order valence-corrected chi connectivity index (χ4v) is 3.03. The minimum atomic E-state index is -0.0114. The van der Waals surface area contributed by atoms with E-state index in [1.54, 1.807) is 6.20 Å². The third-order valence-electron chi connectivity index (χ3n) is 2.92. The van der Waals surface area contributed by atoms with Crippen molar-refractivity contribution in [1.29, 1.82) is 0 Å². The number of benzene rings is 1. The van der Waals surface area contributed by atoms with Crippen molar-refractivity contribution in [1.82, 2.24) is 0 Å². The average Bonchev–Trinajstić information content (AvgIpc) is 2.96. The highest BCUT2D eigenvalue weighted by Crippen LogP contribution is 2.22. The van der Waals surface area contributed by atoms with Crippen LogP contribution in [0.1, 0.15) is 29.4 Å². The number of unbranched alkanes of at least 4 members (excludes halogenated alkanes) is 1. The van der Waals surface area contributed by atoms with Gasteiger partial charge in [-0.05, 0) is 58.7 Å². The molecular weight excluding hydrogens is 362 g/mol. The topological polar surface area (TPSA) is 38.3 Å². The molecule has 0 spiro atoms. The number of hydrogen-bond acceptors (Lipinski definition) is 4. The summed E-state index contributed by atoms with van der Waals surface area (Å²) in [6.45, 7) is 2.88. The summed E-state index contributed by atoms with van der Waals surface area (Å²) in [6, 6.07) is 11.4. The number of hydrogen-bond donors (Lipinski definition) is 1. The summed E-state index contributed by atoms with van der Waals surface area (Å²) in [5, 5.41) is 3.08. The number of thiophene rings is 1. The summed E-state index contributed by atoms with van der Waals surface area (Å²) < 4.78 is 6.56. The molecule has 0 amide bonds. The Bertz CT molecular complexity index is 634. The number of halogens is 1. The number of anilines is 1. The quantitative estimate of drug-likeness (QED) is 0.373. The van der Waals surface area contributed by atoms with Crippen molar-refractivity contribution in [2.24, 2.45) is 0 Å². The van der Waals surface area contributed by atoms with Crippen LogP contribution >= 0.6 is 27.3 Å². The van der Waals surface area contributed by atoms with Crippen LogP contribution in [0.25, 0.3) is 0 Å². The zero-order chi connectivity index (χ0) is 15.8. The van der Waals surface area contributed by atoms with Crippen molar-refractivity contribution in [3.8, 4) is 5.75 Å². The highest BCUT2D eigenvalue weighted by atomic mass is 79.9. The molecule has 0 aliphatic rings. The van der Waals surface area contributed by atoms with Gasteiger partial charge in [0.25, 0.3) is 0 Å². The van der Waals surface area contributed by atoms with Gasteiger partial charge in [-0.2, -0.15) is 0 Å². The molecule has 1 heterocycles. The molecule has 3 nitrogen and oxygen atoms in total. The first-order chi connectivity index (χ1) is 10.7. The molecule has 2 rings (SSSR count). The number of carbonyl (C=O) groups is 1. The standard InChI is InChI=1S/C17H18BrNO2S/c1-2-3-12-21-14-6-4-13(5-7-14)19-11-10-15(20)16-8-9-17(18)22-16/h4-11,19H,2-3,12H2,1H3/b11-10-. The van der Waals surface area contributed by atoms with E-state index in [2.05, 4.69) is 28.2 Å². The summed E-state index contributed by atoms with van der Waals surface area (Å²) >= 11 is 4.77. The highest BCUT2D eigenvalue weighted by molar-refractivity contribution is 9.11. The highest BCUT2D eigenvalue weighted by Gasteiger charge is 2.04. The van der Waals surface area contributed by atoms with Gasteiger partial charge in [-0.3, -0.25) is 4.79 Å². The molecule has 0 aliphatic carbocycles. The Hall–Kier alpha value is -1.59. The molecule has 0 bridgehead atoms. The Balaban J connectivity index is 1.83. The van der Waals surface area contributed by atoms with Crippen molar-refractivity contribution in [2.45, 2.75) is 19.8 Å². The number of allylic oxidation sites excluding steroid dienone is 1. The second kappa shape index (κ2) is 8.76. The van der Waals surface area contributed by atoms with Gasteiger partial charge in [0.05, 0.1) is 15.3 Å². The number of ether oxygens (including phenoxy) is 1. The molecule has 0 fully saturated rings. The molecule has 0 radical (unpaired) electrons. The van der Waals surface area contributed by atoms with E-state index in [0.717, 1.165) is 34.7 Å². The van der Waals surface area contributed by atoms with E-state index in [4.69, 9.17) is 4.74 Å². The number of nitrogens with one attached hydrogen (secondary N) is 1. The lowest BCUT2D eigenvalue weighted by molar-refractivity contribution is 0.105. The maximum Gasteiger partial charge on any atom is 0.197 e. The van der Waals surface area contributed by atoms with Crippen molar-refractivity contribution in [3.05, 3.63) is 57.3 Å². The largest absolute Gasteiger partial charge is 0.494 e. The average molecular weight is 380 g/mol.